The molecule has 2 fully saturated rings. The van der Waals surface area contributed by atoms with Crippen LogP contribution in [0.2, 0.25) is 0 Å². The molecule has 0 aromatic heterocycles. The summed E-state index contributed by atoms with van der Waals surface area (Å²) in [6.45, 7) is 2.77. The third kappa shape index (κ3) is 3.41. The van der Waals surface area contributed by atoms with E-state index in [0.717, 1.165) is 18.6 Å². The van der Waals surface area contributed by atoms with Crippen molar-refractivity contribution in [2.45, 2.75) is 69.6 Å². The molecule has 1 aromatic rings. The number of hydrogen-bond acceptors (Lipinski definition) is 3. The van der Waals surface area contributed by atoms with Gasteiger partial charge in [0, 0.05) is 6.04 Å². The van der Waals surface area contributed by atoms with Gasteiger partial charge in [-0.2, -0.15) is 0 Å². The van der Waals surface area contributed by atoms with Crippen LogP contribution in [0.5, 0.6) is 5.75 Å². The minimum absolute atomic E-state index is 0.124. The van der Waals surface area contributed by atoms with Crippen molar-refractivity contribution in [1.29, 1.82) is 0 Å². The van der Waals surface area contributed by atoms with Crippen molar-refractivity contribution >= 4 is 0 Å². The predicted octanol–water partition coefficient (Wildman–Crippen LogP) is 3.97. The zero-order chi connectivity index (χ0) is 14.7. The maximum absolute atomic E-state index is 6.27. The zero-order valence-corrected chi connectivity index (χ0v) is 13.0. The Kier molecular flexibility index (Phi) is 4.51. The van der Waals surface area contributed by atoms with Crippen LogP contribution >= 0.6 is 0 Å². The second-order valence-corrected chi connectivity index (χ2v) is 6.56. The number of rotatable bonds is 5. The lowest BCUT2D eigenvalue weighted by atomic mass is 9.98. The minimum Gasteiger partial charge on any atom is -0.491 e. The fourth-order valence-corrected chi connectivity index (χ4v) is 3.64. The van der Waals surface area contributed by atoms with Gasteiger partial charge >= 0.3 is 0 Å². The van der Waals surface area contributed by atoms with Gasteiger partial charge in [0.1, 0.15) is 12.4 Å². The molecule has 1 spiro atoms. The molecule has 1 aliphatic carbocycles. The molecule has 0 amide bonds. The van der Waals surface area contributed by atoms with Gasteiger partial charge in [-0.15, -0.1) is 0 Å². The molecular weight excluding hydrogens is 262 g/mol. The van der Waals surface area contributed by atoms with E-state index in [1.807, 2.05) is 12.1 Å². The van der Waals surface area contributed by atoms with E-state index < -0.39 is 0 Å². The van der Waals surface area contributed by atoms with Crippen molar-refractivity contribution in [2.75, 3.05) is 6.61 Å². The van der Waals surface area contributed by atoms with E-state index in [1.165, 1.54) is 37.7 Å². The molecule has 3 rings (SSSR count). The number of benzene rings is 1. The molecule has 116 valence electrons. The van der Waals surface area contributed by atoms with Crippen molar-refractivity contribution in [3.05, 3.63) is 29.8 Å². The third-order valence-corrected chi connectivity index (χ3v) is 5.04. The SMILES string of the molecule is CC[C@@H](N)c1ccc(OCC2CCC3(CCCC3)O2)cc1. The molecule has 2 N–H and O–H groups in total. The van der Waals surface area contributed by atoms with E-state index >= 15 is 0 Å². The van der Waals surface area contributed by atoms with Gasteiger partial charge in [-0.05, 0) is 49.8 Å². The molecular formula is C18H27NO2. The Bertz CT molecular complexity index is 451. The monoisotopic (exact) mass is 289 g/mol. The Balaban J connectivity index is 1.49. The number of hydrogen-bond donors (Lipinski definition) is 1. The minimum atomic E-state index is 0.124. The summed E-state index contributed by atoms with van der Waals surface area (Å²) in [6.07, 6.45) is 8.71. The second kappa shape index (κ2) is 6.37. The molecule has 3 heteroatoms. The highest BCUT2D eigenvalue weighted by Crippen LogP contribution is 2.43. The quantitative estimate of drug-likeness (QED) is 0.892. The predicted molar refractivity (Wildman–Crippen MR) is 84.5 cm³/mol. The summed E-state index contributed by atoms with van der Waals surface area (Å²) in [4.78, 5) is 0. The van der Waals surface area contributed by atoms with E-state index in [0.29, 0.717) is 6.61 Å². The zero-order valence-electron chi connectivity index (χ0n) is 13.0. The fraction of sp³-hybridized carbons (Fsp3) is 0.667. The van der Waals surface area contributed by atoms with Crippen LogP contribution < -0.4 is 10.5 Å². The normalized spacial score (nSPS) is 25.3. The summed E-state index contributed by atoms with van der Waals surface area (Å²) in [6, 6.07) is 8.30. The molecule has 1 heterocycles. The molecule has 3 nitrogen and oxygen atoms in total. The van der Waals surface area contributed by atoms with Crippen LogP contribution in [-0.2, 0) is 4.74 Å². The maximum Gasteiger partial charge on any atom is 0.119 e. The summed E-state index contributed by atoms with van der Waals surface area (Å²) in [5.41, 5.74) is 7.40. The highest BCUT2D eigenvalue weighted by atomic mass is 16.6. The molecule has 1 aromatic carbocycles. The highest BCUT2D eigenvalue weighted by molar-refractivity contribution is 5.29. The Hall–Kier alpha value is -1.06. The van der Waals surface area contributed by atoms with Crippen LogP contribution in [-0.4, -0.2) is 18.3 Å². The summed E-state index contributed by atoms with van der Waals surface area (Å²) < 4.78 is 12.2. The maximum atomic E-state index is 6.27. The van der Waals surface area contributed by atoms with Crippen LogP contribution in [0.25, 0.3) is 0 Å². The molecule has 1 unspecified atom stereocenters. The Morgan fingerprint density at radius 2 is 1.95 bits per heavy atom. The van der Waals surface area contributed by atoms with E-state index in [4.69, 9.17) is 15.2 Å². The van der Waals surface area contributed by atoms with Gasteiger partial charge in [0.15, 0.2) is 0 Å². The Labute approximate surface area is 127 Å². The first-order valence-corrected chi connectivity index (χ1v) is 8.37. The van der Waals surface area contributed by atoms with Crippen LogP contribution in [0.3, 0.4) is 0 Å². The summed E-state index contributed by atoms with van der Waals surface area (Å²) in [5.74, 6) is 0.915. The van der Waals surface area contributed by atoms with Gasteiger partial charge < -0.3 is 15.2 Å². The molecule has 1 saturated carbocycles. The van der Waals surface area contributed by atoms with E-state index in [1.54, 1.807) is 0 Å². The summed E-state index contributed by atoms with van der Waals surface area (Å²) in [7, 11) is 0. The van der Waals surface area contributed by atoms with Gasteiger partial charge in [0.2, 0.25) is 0 Å². The van der Waals surface area contributed by atoms with Crippen LogP contribution in [0.15, 0.2) is 24.3 Å². The lowest BCUT2D eigenvalue weighted by Gasteiger charge is -2.23. The van der Waals surface area contributed by atoms with Crippen molar-refractivity contribution in [3.63, 3.8) is 0 Å². The van der Waals surface area contributed by atoms with E-state index in [-0.39, 0.29) is 17.7 Å². The second-order valence-electron chi connectivity index (χ2n) is 6.56. The molecule has 1 saturated heterocycles. The Morgan fingerprint density at radius 3 is 2.62 bits per heavy atom. The molecule has 1 aliphatic heterocycles. The van der Waals surface area contributed by atoms with Crippen molar-refractivity contribution in [3.8, 4) is 5.75 Å². The van der Waals surface area contributed by atoms with Gasteiger partial charge in [0.05, 0.1) is 11.7 Å². The topological polar surface area (TPSA) is 44.5 Å². The average Bonchev–Trinajstić information content (AvgIpc) is 3.15. The molecule has 2 atom stereocenters. The van der Waals surface area contributed by atoms with Crippen LogP contribution in [0.1, 0.15) is 63.5 Å². The van der Waals surface area contributed by atoms with Crippen molar-refractivity contribution < 1.29 is 9.47 Å². The van der Waals surface area contributed by atoms with Gasteiger partial charge in [-0.25, -0.2) is 0 Å². The molecule has 0 bridgehead atoms. The first-order chi connectivity index (χ1) is 10.2. The smallest absolute Gasteiger partial charge is 0.119 e. The van der Waals surface area contributed by atoms with Crippen LogP contribution in [0.4, 0.5) is 0 Å². The van der Waals surface area contributed by atoms with Crippen molar-refractivity contribution in [1.82, 2.24) is 0 Å². The van der Waals surface area contributed by atoms with Gasteiger partial charge in [-0.1, -0.05) is 31.9 Å². The van der Waals surface area contributed by atoms with Crippen molar-refractivity contribution in [2.24, 2.45) is 5.73 Å². The third-order valence-electron chi connectivity index (χ3n) is 5.04. The lowest BCUT2D eigenvalue weighted by Crippen LogP contribution is -2.27. The lowest BCUT2D eigenvalue weighted by molar-refractivity contribution is -0.0508. The largest absolute Gasteiger partial charge is 0.491 e. The van der Waals surface area contributed by atoms with E-state index in [9.17, 15) is 0 Å². The first-order valence-electron chi connectivity index (χ1n) is 8.37. The van der Waals surface area contributed by atoms with Crippen LogP contribution in [0, 0.1) is 0 Å². The Morgan fingerprint density at radius 1 is 1.24 bits per heavy atom. The average molecular weight is 289 g/mol. The summed E-state index contributed by atoms with van der Waals surface area (Å²) >= 11 is 0. The van der Waals surface area contributed by atoms with Gasteiger partial charge in [0.25, 0.3) is 0 Å². The van der Waals surface area contributed by atoms with E-state index in [2.05, 4.69) is 19.1 Å². The number of nitrogens with two attached hydrogens (primary N) is 1. The molecule has 21 heavy (non-hydrogen) atoms. The molecule has 2 aliphatic rings. The highest BCUT2D eigenvalue weighted by Gasteiger charge is 2.42. The number of ether oxygens (including phenoxy) is 2. The fourth-order valence-electron chi connectivity index (χ4n) is 3.64. The van der Waals surface area contributed by atoms with Gasteiger partial charge in [-0.3, -0.25) is 0 Å². The molecule has 0 radical (unpaired) electrons. The standard InChI is InChI=1S/C18H27NO2/c1-2-17(19)14-5-7-15(8-6-14)20-13-16-9-12-18(21-16)10-3-4-11-18/h5-8,16-17H,2-4,9-13,19H2,1H3/t16?,17-/m1/s1. The first kappa shape index (κ1) is 14.9. The summed E-state index contributed by atoms with van der Waals surface area (Å²) in [5, 5.41) is 0.